The van der Waals surface area contributed by atoms with Crippen molar-refractivity contribution >= 4 is 40.1 Å². The van der Waals surface area contributed by atoms with E-state index in [0.29, 0.717) is 66.5 Å². The normalized spacial score (nSPS) is 17.8. The Hall–Kier alpha value is -6.44. The fourth-order valence-corrected chi connectivity index (χ4v) is 10.1. The molecule has 0 unspecified atom stereocenters. The van der Waals surface area contributed by atoms with Crippen LogP contribution in [0.15, 0.2) is 97.3 Å². The Kier molecular flexibility index (Phi) is 11.7. The number of nitrogens with zero attached hydrogens (tertiary/aromatic N) is 7. The van der Waals surface area contributed by atoms with Gasteiger partial charge in [-0.05, 0) is 117 Å². The van der Waals surface area contributed by atoms with Crippen LogP contribution in [0.25, 0.3) is 22.3 Å². The summed E-state index contributed by atoms with van der Waals surface area (Å²) < 4.78 is 16.1. The lowest BCUT2D eigenvalue weighted by Crippen LogP contribution is -2.52. The van der Waals surface area contributed by atoms with E-state index in [4.69, 9.17) is 14.5 Å². The quantitative estimate of drug-likeness (QED) is 0.152. The first-order chi connectivity index (χ1) is 31.3. The van der Waals surface area contributed by atoms with Crippen LogP contribution in [0.1, 0.15) is 69.6 Å². The minimum atomic E-state index is -0.234. The first-order valence-corrected chi connectivity index (χ1v) is 22.8. The Morgan fingerprint density at radius 1 is 0.828 bits per heavy atom. The maximum absolute atomic E-state index is 15.6. The van der Waals surface area contributed by atoms with E-state index in [0.717, 1.165) is 99.2 Å². The molecule has 0 aliphatic carbocycles. The van der Waals surface area contributed by atoms with E-state index in [1.54, 1.807) is 41.4 Å². The van der Waals surface area contributed by atoms with Crippen LogP contribution in [0.2, 0.25) is 0 Å². The number of aromatic hydroxyl groups is 1. The number of phenolic OH excluding ortho intramolecular Hbond substituents is 1. The topological polar surface area (TPSA) is 126 Å². The second kappa shape index (κ2) is 18.0. The molecule has 13 nitrogen and oxygen atoms in total. The van der Waals surface area contributed by atoms with Crippen molar-refractivity contribution < 1.29 is 29.0 Å². The number of amides is 3. The van der Waals surface area contributed by atoms with Crippen LogP contribution in [0.3, 0.4) is 0 Å². The van der Waals surface area contributed by atoms with Gasteiger partial charge in [0.1, 0.15) is 17.1 Å². The van der Waals surface area contributed by atoms with Crippen molar-refractivity contribution in [3.63, 3.8) is 0 Å². The second-order valence-electron chi connectivity index (χ2n) is 17.6. The van der Waals surface area contributed by atoms with Gasteiger partial charge in [-0.1, -0.05) is 24.3 Å². The number of hydrogen-bond acceptors (Lipinski definition) is 8. The molecule has 3 aromatic carbocycles. The zero-order valence-corrected chi connectivity index (χ0v) is 36.5. The molecule has 7 heterocycles. The molecular weight excluding hydrogens is 807 g/mol. The van der Waals surface area contributed by atoms with Gasteiger partial charge in [-0.3, -0.25) is 24.2 Å². The predicted molar refractivity (Wildman–Crippen MR) is 245 cm³/mol. The van der Waals surface area contributed by atoms with E-state index in [2.05, 4.69) is 27.7 Å². The van der Waals surface area contributed by atoms with E-state index in [1.165, 1.54) is 5.56 Å². The van der Waals surface area contributed by atoms with E-state index < -0.39 is 0 Å². The summed E-state index contributed by atoms with van der Waals surface area (Å²) in [4.78, 5) is 56.8. The van der Waals surface area contributed by atoms with Crippen molar-refractivity contribution in [2.24, 2.45) is 7.05 Å². The fraction of sp³-hybridized carbons (Fsp3) is 0.373. The number of anilines is 2. The zero-order valence-electron chi connectivity index (χ0n) is 36.5. The van der Waals surface area contributed by atoms with Crippen molar-refractivity contribution in [1.29, 1.82) is 0 Å². The lowest BCUT2D eigenvalue weighted by Gasteiger charge is -2.40. The number of carbonyl (C=O) groups is 3. The van der Waals surface area contributed by atoms with Gasteiger partial charge >= 0.3 is 0 Å². The highest BCUT2D eigenvalue weighted by Gasteiger charge is 2.35. The molecule has 4 aliphatic heterocycles. The van der Waals surface area contributed by atoms with Crippen molar-refractivity contribution in [2.75, 3.05) is 57.4 Å². The van der Waals surface area contributed by atoms with Gasteiger partial charge < -0.3 is 33.5 Å². The smallest absolute Gasteiger partial charge is 0.264 e. The highest BCUT2D eigenvalue weighted by molar-refractivity contribution is 6.13. The summed E-state index contributed by atoms with van der Waals surface area (Å²) in [7, 11) is 1.94. The summed E-state index contributed by atoms with van der Waals surface area (Å²) in [5.41, 5.74) is 7.76. The van der Waals surface area contributed by atoms with Crippen molar-refractivity contribution in [3.05, 3.63) is 125 Å². The van der Waals surface area contributed by atoms with Gasteiger partial charge in [0.25, 0.3) is 17.7 Å². The number of morpholine rings is 1. The van der Waals surface area contributed by atoms with Gasteiger partial charge in [0.2, 0.25) is 0 Å². The minimum absolute atomic E-state index is 0.0570. The number of ether oxygens (including phenoxy) is 2. The Morgan fingerprint density at radius 3 is 2.42 bits per heavy atom. The number of rotatable bonds is 10. The van der Waals surface area contributed by atoms with E-state index in [1.807, 2.05) is 64.0 Å². The number of likely N-dealkylation sites (tertiary alicyclic amines) is 1. The van der Waals surface area contributed by atoms with Crippen LogP contribution in [0.4, 0.5) is 11.4 Å². The Balaban J connectivity index is 1.07. The summed E-state index contributed by atoms with van der Waals surface area (Å²) in [5.74, 6) is 0.132. The number of aromatic nitrogens is 3. The molecule has 13 heteroatoms. The van der Waals surface area contributed by atoms with Crippen molar-refractivity contribution in [3.8, 4) is 22.8 Å². The Morgan fingerprint density at radius 2 is 1.61 bits per heavy atom. The largest absolute Gasteiger partial charge is 0.508 e. The van der Waals surface area contributed by atoms with Gasteiger partial charge in [-0.15, -0.1) is 0 Å². The first kappa shape index (κ1) is 41.6. The van der Waals surface area contributed by atoms with E-state index in [-0.39, 0.29) is 36.1 Å². The number of piperidine rings is 1. The highest BCUT2D eigenvalue weighted by atomic mass is 16.5. The molecule has 2 fully saturated rings. The summed E-state index contributed by atoms with van der Waals surface area (Å²) in [6.07, 6.45) is 10.0. The van der Waals surface area contributed by atoms with Crippen molar-refractivity contribution in [2.45, 2.75) is 64.1 Å². The molecule has 0 bridgehead atoms. The lowest BCUT2D eigenvalue weighted by atomic mass is 9.92. The molecule has 0 saturated carbocycles. The molecule has 3 amide bonds. The molecule has 1 atom stereocenters. The van der Waals surface area contributed by atoms with Crippen LogP contribution in [0.5, 0.6) is 11.5 Å². The lowest BCUT2D eigenvalue weighted by molar-refractivity contribution is -0.134. The van der Waals surface area contributed by atoms with Gasteiger partial charge in [-0.2, -0.15) is 0 Å². The molecule has 3 aromatic heterocycles. The average Bonchev–Trinajstić information content (AvgIpc) is 3.91. The minimum Gasteiger partial charge on any atom is -0.508 e. The number of pyridine rings is 1. The second-order valence-corrected chi connectivity index (χ2v) is 17.6. The number of fused-ring (bicyclic) bond motifs is 3. The predicted octanol–water partition coefficient (Wildman–Crippen LogP) is 7.35. The van der Waals surface area contributed by atoms with Gasteiger partial charge in [0.15, 0.2) is 6.61 Å². The molecule has 4 aliphatic rings. The molecule has 330 valence electrons. The van der Waals surface area contributed by atoms with Gasteiger partial charge in [-0.25, -0.2) is 4.98 Å². The molecule has 1 N–H and O–H groups in total. The monoisotopic (exact) mass is 861 g/mol. The van der Waals surface area contributed by atoms with E-state index in [9.17, 15) is 9.90 Å². The summed E-state index contributed by atoms with van der Waals surface area (Å²) in [6.45, 7) is 6.15. The zero-order chi connectivity index (χ0) is 43.7. The molecule has 0 radical (unpaired) electrons. The third kappa shape index (κ3) is 8.25. The first-order valence-electron chi connectivity index (χ1n) is 22.8. The average molecular weight is 862 g/mol. The summed E-state index contributed by atoms with van der Waals surface area (Å²) in [5, 5.41) is 11.2. The highest BCUT2D eigenvalue weighted by Crippen LogP contribution is 2.39. The van der Waals surface area contributed by atoms with Crippen LogP contribution in [-0.2, 0) is 42.5 Å². The fourth-order valence-electron chi connectivity index (χ4n) is 10.1. The number of benzene rings is 3. The third-order valence-electron chi connectivity index (χ3n) is 13.5. The summed E-state index contributed by atoms with van der Waals surface area (Å²) in [6, 6.07) is 26.4. The molecule has 0 spiro atoms. The van der Waals surface area contributed by atoms with Crippen LogP contribution >= 0.6 is 0 Å². The summed E-state index contributed by atoms with van der Waals surface area (Å²) >= 11 is 0. The van der Waals surface area contributed by atoms with Gasteiger partial charge in [0.05, 0.1) is 36.2 Å². The van der Waals surface area contributed by atoms with Crippen LogP contribution in [0, 0.1) is 0 Å². The number of phenols is 1. The SMILES string of the molecule is Cn1ccc2cc(N(C(=O)c3cc(-c4ccc(OCC(=O)N5CCCCC5)cc4C(=O)N4Cc5ccccc5C[C@H]4CN4CCOCC4)n4c3CCCC4)c3ccc(O)cc3)cnc21. The maximum atomic E-state index is 15.6. The maximum Gasteiger partial charge on any atom is 0.264 e. The van der Waals surface area contributed by atoms with Crippen LogP contribution < -0.4 is 9.64 Å². The molecule has 6 aromatic rings. The molecule has 2 saturated heterocycles. The van der Waals surface area contributed by atoms with Gasteiger partial charge in [0, 0.05) is 93.1 Å². The number of carbonyl (C=O) groups excluding carboxylic acids is 3. The molecule has 64 heavy (non-hydrogen) atoms. The van der Waals surface area contributed by atoms with Crippen molar-refractivity contribution in [1.82, 2.24) is 28.8 Å². The molecule has 10 rings (SSSR count). The number of hydrogen-bond donors (Lipinski definition) is 1. The standard InChI is InChI=1S/C51H55N7O6/c1-53-22-18-36-28-39(31-52-49(36)53)58(38-12-14-41(59)15-13-38)51(62)45-30-47(56-21-8-5-11-46(45)56)43-17-16-42(64-34-48(60)55-19-6-2-7-20-55)29-44(43)50(61)57-32-37-10-4-3-9-35(37)27-40(57)33-54-23-25-63-26-24-54/h3-4,9-10,12-18,22,28-31,40,59H,2,5-8,11,19-21,23-27,32-34H2,1H3/t40-/m0/s1. The Bertz CT molecular complexity index is 2690. The molecular formula is C51H55N7O6. The van der Waals surface area contributed by atoms with Crippen LogP contribution in [-0.4, -0.2) is 110 Å². The van der Waals surface area contributed by atoms with E-state index >= 15 is 9.59 Å². The third-order valence-corrected chi connectivity index (χ3v) is 13.5. The number of aryl methyl sites for hydroxylation is 1. The Labute approximate surface area is 373 Å².